The number of amides is 1. The molecule has 4 rings (SSSR count). The Kier molecular flexibility index (Phi) is 5.75. The van der Waals surface area contributed by atoms with Crippen LogP contribution in [-0.2, 0) is 0 Å². The van der Waals surface area contributed by atoms with Crippen LogP contribution in [-0.4, -0.2) is 34.1 Å². The molecule has 2 N–H and O–H groups in total. The summed E-state index contributed by atoms with van der Waals surface area (Å²) in [5.41, 5.74) is 5.57. The highest BCUT2D eigenvalue weighted by molar-refractivity contribution is 5.95. The standard InChI is InChI=1S/C24H20N4O3/c1-31-20-13-11-17(12-14-20)21-15-22(28(27-21)19-8-3-2-4-9-19)24(30)26-25-16-18-7-5-6-10-23(18)29/h2-16,29H,1H3,(H,26,30)/b25-16+. The van der Waals surface area contributed by atoms with Crippen molar-refractivity contribution in [3.63, 3.8) is 0 Å². The molecule has 0 fully saturated rings. The van der Waals surface area contributed by atoms with E-state index >= 15 is 0 Å². The van der Waals surface area contributed by atoms with Gasteiger partial charge in [-0.05, 0) is 54.6 Å². The summed E-state index contributed by atoms with van der Waals surface area (Å²) in [6.45, 7) is 0. The summed E-state index contributed by atoms with van der Waals surface area (Å²) in [4.78, 5) is 12.9. The van der Waals surface area contributed by atoms with Gasteiger partial charge >= 0.3 is 0 Å². The first-order valence-corrected chi connectivity index (χ1v) is 9.57. The maximum atomic E-state index is 12.9. The van der Waals surface area contributed by atoms with Gasteiger partial charge in [0.2, 0.25) is 0 Å². The number of nitrogens with zero attached hydrogens (tertiary/aromatic N) is 3. The van der Waals surface area contributed by atoms with E-state index in [-0.39, 0.29) is 5.75 Å². The average Bonchev–Trinajstić information content (AvgIpc) is 3.26. The summed E-state index contributed by atoms with van der Waals surface area (Å²) in [7, 11) is 1.61. The van der Waals surface area contributed by atoms with Crippen molar-refractivity contribution in [2.24, 2.45) is 5.10 Å². The van der Waals surface area contributed by atoms with E-state index in [4.69, 9.17) is 4.74 Å². The van der Waals surface area contributed by atoms with Crippen LogP contribution >= 0.6 is 0 Å². The van der Waals surface area contributed by atoms with Crippen molar-refractivity contribution in [1.29, 1.82) is 0 Å². The number of methoxy groups -OCH3 is 1. The first-order chi connectivity index (χ1) is 15.2. The van der Waals surface area contributed by atoms with Crippen LogP contribution in [0.25, 0.3) is 16.9 Å². The third-order valence-electron chi connectivity index (χ3n) is 4.64. The quantitative estimate of drug-likeness (QED) is 0.370. The second kappa shape index (κ2) is 8.96. The Morgan fingerprint density at radius 1 is 1.03 bits per heavy atom. The number of hydrogen-bond donors (Lipinski definition) is 2. The number of rotatable bonds is 6. The minimum atomic E-state index is -0.428. The molecule has 0 aliphatic rings. The number of phenols is 1. The number of hydrogen-bond acceptors (Lipinski definition) is 5. The Bertz CT molecular complexity index is 1220. The normalized spacial score (nSPS) is 10.9. The highest BCUT2D eigenvalue weighted by Crippen LogP contribution is 2.24. The molecule has 0 saturated carbocycles. The van der Waals surface area contributed by atoms with E-state index in [1.807, 2.05) is 54.6 Å². The Morgan fingerprint density at radius 3 is 2.45 bits per heavy atom. The van der Waals surface area contributed by atoms with E-state index in [2.05, 4.69) is 15.6 Å². The smallest absolute Gasteiger partial charge is 0.290 e. The minimum Gasteiger partial charge on any atom is -0.507 e. The summed E-state index contributed by atoms with van der Waals surface area (Å²) in [6.07, 6.45) is 1.39. The van der Waals surface area contributed by atoms with Gasteiger partial charge in [0.25, 0.3) is 5.91 Å². The summed E-state index contributed by atoms with van der Waals surface area (Å²) < 4.78 is 6.78. The molecule has 7 heteroatoms. The average molecular weight is 412 g/mol. The Balaban J connectivity index is 1.65. The molecule has 0 unspecified atom stereocenters. The van der Waals surface area contributed by atoms with E-state index in [1.54, 1.807) is 42.1 Å². The van der Waals surface area contributed by atoms with E-state index in [0.717, 1.165) is 17.0 Å². The maximum Gasteiger partial charge on any atom is 0.290 e. The molecule has 0 saturated heterocycles. The number of aromatic hydroxyl groups is 1. The summed E-state index contributed by atoms with van der Waals surface area (Å²) in [6, 6.07) is 25.3. The second-order valence-electron chi connectivity index (χ2n) is 6.65. The highest BCUT2D eigenvalue weighted by atomic mass is 16.5. The van der Waals surface area contributed by atoms with Crippen LogP contribution < -0.4 is 10.2 Å². The molecule has 0 spiro atoms. The van der Waals surface area contributed by atoms with E-state index in [1.165, 1.54) is 6.21 Å². The zero-order valence-electron chi connectivity index (χ0n) is 16.8. The van der Waals surface area contributed by atoms with Crippen molar-refractivity contribution in [3.8, 4) is 28.4 Å². The molecule has 1 amide bonds. The van der Waals surface area contributed by atoms with Gasteiger partial charge in [-0.3, -0.25) is 4.79 Å². The van der Waals surface area contributed by atoms with Crippen molar-refractivity contribution in [1.82, 2.24) is 15.2 Å². The van der Waals surface area contributed by atoms with Gasteiger partial charge in [-0.15, -0.1) is 0 Å². The van der Waals surface area contributed by atoms with Crippen LogP contribution in [0.5, 0.6) is 11.5 Å². The molecule has 0 aliphatic carbocycles. The van der Waals surface area contributed by atoms with E-state index in [9.17, 15) is 9.90 Å². The first-order valence-electron chi connectivity index (χ1n) is 9.57. The zero-order valence-corrected chi connectivity index (χ0v) is 16.8. The van der Waals surface area contributed by atoms with Gasteiger partial charge in [0.1, 0.15) is 17.2 Å². The Labute approximate surface area is 179 Å². The first kappa shape index (κ1) is 19.9. The number of phenolic OH excluding ortho intramolecular Hbond substituents is 1. The van der Waals surface area contributed by atoms with Crippen LogP contribution in [0.3, 0.4) is 0 Å². The number of nitrogens with one attached hydrogen (secondary N) is 1. The fourth-order valence-corrected chi connectivity index (χ4v) is 3.03. The van der Waals surface area contributed by atoms with Gasteiger partial charge in [0.05, 0.1) is 24.7 Å². The number of ether oxygens (including phenoxy) is 1. The number of carbonyl (C=O) groups excluding carboxylic acids is 1. The maximum absolute atomic E-state index is 12.9. The van der Waals surface area contributed by atoms with Crippen LogP contribution in [0, 0.1) is 0 Å². The summed E-state index contributed by atoms with van der Waals surface area (Å²) in [5.74, 6) is 0.391. The molecule has 0 atom stereocenters. The molecular weight excluding hydrogens is 392 g/mol. The van der Waals surface area contributed by atoms with Crippen molar-refractivity contribution in [2.45, 2.75) is 0 Å². The number of para-hydroxylation sites is 2. The van der Waals surface area contributed by atoms with Gasteiger partial charge in [0, 0.05) is 11.1 Å². The predicted molar refractivity (Wildman–Crippen MR) is 119 cm³/mol. The van der Waals surface area contributed by atoms with Crippen LogP contribution in [0.2, 0.25) is 0 Å². The fraction of sp³-hybridized carbons (Fsp3) is 0.0417. The second-order valence-corrected chi connectivity index (χ2v) is 6.65. The SMILES string of the molecule is COc1ccc(-c2cc(C(=O)N/N=C/c3ccccc3O)n(-c3ccccc3)n2)cc1. The fourth-order valence-electron chi connectivity index (χ4n) is 3.03. The molecule has 31 heavy (non-hydrogen) atoms. The number of hydrazone groups is 1. The third kappa shape index (κ3) is 4.45. The van der Waals surface area contributed by atoms with Crippen molar-refractivity contribution >= 4 is 12.1 Å². The van der Waals surface area contributed by atoms with E-state index < -0.39 is 5.91 Å². The van der Waals surface area contributed by atoms with Gasteiger partial charge in [-0.2, -0.15) is 10.2 Å². The molecular formula is C24H20N4O3. The number of carbonyl (C=O) groups is 1. The molecule has 0 radical (unpaired) electrons. The molecule has 3 aromatic carbocycles. The topological polar surface area (TPSA) is 88.7 Å². The summed E-state index contributed by atoms with van der Waals surface area (Å²) in [5, 5.41) is 18.4. The Morgan fingerprint density at radius 2 is 1.74 bits per heavy atom. The molecule has 7 nitrogen and oxygen atoms in total. The number of benzene rings is 3. The summed E-state index contributed by atoms with van der Waals surface area (Å²) >= 11 is 0. The Hall–Kier alpha value is -4.39. The predicted octanol–water partition coefficient (Wildman–Crippen LogP) is 4.02. The monoisotopic (exact) mass is 412 g/mol. The lowest BCUT2D eigenvalue weighted by Gasteiger charge is -2.06. The zero-order chi connectivity index (χ0) is 21.6. The van der Waals surface area contributed by atoms with E-state index in [0.29, 0.717) is 17.0 Å². The van der Waals surface area contributed by atoms with Crippen molar-refractivity contribution in [3.05, 3.63) is 96.2 Å². The lowest BCUT2D eigenvalue weighted by atomic mass is 10.1. The van der Waals surface area contributed by atoms with Gasteiger partial charge in [-0.25, -0.2) is 10.1 Å². The van der Waals surface area contributed by atoms with Gasteiger partial charge < -0.3 is 9.84 Å². The highest BCUT2D eigenvalue weighted by Gasteiger charge is 2.17. The molecule has 4 aromatic rings. The van der Waals surface area contributed by atoms with Crippen molar-refractivity contribution < 1.29 is 14.6 Å². The van der Waals surface area contributed by atoms with Gasteiger partial charge in [0.15, 0.2) is 0 Å². The lowest BCUT2D eigenvalue weighted by molar-refractivity contribution is 0.0947. The van der Waals surface area contributed by atoms with Crippen LogP contribution in [0.1, 0.15) is 16.1 Å². The number of aromatic nitrogens is 2. The molecule has 0 bridgehead atoms. The van der Waals surface area contributed by atoms with Crippen LogP contribution in [0.15, 0.2) is 90.0 Å². The largest absolute Gasteiger partial charge is 0.507 e. The third-order valence-corrected chi connectivity index (χ3v) is 4.64. The minimum absolute atomic E-state index is 0.0802. The lowest BCUT2D eigenvalue weighted by Crippen LogP contribution is -2.21. The molecule has 154 valence electrons. The van der Waals surface area contributed by atoms with Crippen LogP contribution in [0.4, 0.5) is 0 Å². The molecule has 1 aromatic heterocycles. The van der Waals surface area contributed by atoms with Crippen molar-refractivity contribution in [2.75, 3.05) is 7.11 Å². The molecule has 1 heterocycles. The van der Waals surface area contributed by atoms with Gasteiger partial charge in [-0.1, -0.05) is 30.3 Å². The molecule has 0 aliphatic heterocycles.